The molecule has 3 rings (SSSR count). The lowest BCUT2D eigenvalue weighted by Gasteiger charge is -2.28. The molecule has 1 fully saturated rings. The molecule has 2 aliphatic rings. The topological polar surface area (TPSA) is 33.2 Å². The number of nitrogens with zero attached hydrogens (tertiary/aromatic N) is 2. The fourth-order valence-corrected chi connectivity index (χ4v) is 2.49. The first-order valence-corrected chi connectivity index (χ1v) is 6.02. The Morgan fingerprint density at radius 3 is 3.12 bits per heavy atom. The number of carbonyl (C=O) groups excluding carboxylic acids is 1. The first-order chi connectivity index (χ1) is 7.77. The summed E-state index contributed by atoms with van der Waals surface area (Å²) in [5.74, 6) is 1.15. The number of anilines is 1. The van der Waals surface area contributed by atoms with E-state index >= 15 is 0 Å². The van der Waals surface area contributed by atoms with Gasteiger partial charge in [-0.1, -0.05) is 6.92 Å². The van der Waals surface area contributed by atoms with Gasteiger partial charge in [-0.2, -0.15) is 0 Å². The minimum Gasteiger partial charge on any atom is -0.310 e. The number of carbonyl (C=O) groups is 1. The van der Waals surface area contributed by atoms with E-state index in [-0.39, 0.29) is 5.92 Å². The second-order valence-corrected chi connectivity index (χ2v) is 4.88. The molecule has 1 amide bonds. The van der Waals surface area contributed by atoms with Gasteiger partial charge in [0.25, 0.3) is 0 Å². The van der Waals surface area contributed by atoms with Crippen molar-refractivity contribution in [1.82, 2.24) is 4.98 Å². The maximum Gasteiger partial charge on any atom is 0.230 e. The van der Waals surface area contributed by atoms with Crippen LogP contribution in [0.15, 0.2) is 18.3 Å². The molecule has 0 spiro atoms. The number of rotatable bonds is 1. The molecular weight excluding hydrogens is 200 g/mol. The van der Waals surface area contributed by atoms with Crippen molar-refractivity contribution in [3.63, 3.8) is 0 Å². The van der Waals surface area contributed by atoms with E-state index < -0.39 is 0 Å². The molecule has 0 bridgehead atoms. The third kappa shape index (κ3) is 1.51. The molecule has 2 atom stereocenters. The molecule has 1 aromatic heterocycles. The average Bonchev–Trinajstić information content (AvgIpc) is 3.05. The van der Waals surface area contributed by atoms with Crippen molar-refractivity contribution < 1.29 is 4.79 Å². The third-order valence-corrected chi connectivity index (χ3v) is 3.65. The fraction of sp³-hybridized carbons (Fsp3) is 0.538. The van der Waals surface area contributed by atoms with Crippen LogP contribution < -0.4 is 4.90 Å². The Balaban J connectivity index is 1.90. The minimum absolute atomic E-state index is 0.270. The molecule has 1 aliphatic heterocycles. The second kappa shape index (κ2) is 3.58. The highest BCUT2D eigenvalue weighted by Crippen LogP contribution is 2.41. The Bertz CT molecular complexity index is 430. The molecule has 0 saturated heterocycles. The maximum absolute atomic E-state index is 12.2. The molecule has 84 valence electrons. The number of hydrogen-bond acceptors (Lipinski definition) is 2. The number of aromatic nitrogens is 1. The summed E-state index contributed by atoms with van der Waals surface area (Å²) in [6.45, 7) is 3.01. The van der Waals surface area contributed by atoms with Gasteiger partial charge >= 0.3 is 0 Å². The van der Waals surface area contributed by atoms with Crippen LogP contribution in [0, 0.1) is 11.8 Å². The highest BCUT2D eigenvalue weighted by molar-refractivity contribution is 5.97. The minimum atomic E-state index is 0.270. The van der Waals surface area contributed by atoms with Crippen molar-refractivity contribution in [2.75, 3.05) is 11.4 Å². The molecular formula is C13H16N2O. The monoisotopic (exact) mass is 216 g/mol. The summed E-state index contributed by atoms with van der Waals surface area (Å²) in [5.41, 5.74) is 2.12. The van der Waals surface area contributed by atoms with Gasteiger partial charge in [0.05, 0.1) is 11.4 Å². The summed E-state index contributed by atoms with van der Waals surface area (Å²) < 4.78 is 0. The van der Waals surface area contributed by atoms with Gasteiger partial charge in [-0.05, 0) is 37.3 Å². The lowest BCUT2D eigenvalue weighted by atomic mass is 10.1. The van der Waals surface area contributed by atoms with Crippen molar-refractivity contribution in [3.8, 4) is 0 Å². The maximum atomic E-state index is 12.2. The predicted molar refractivity (Wildman–Crippen MR) is 62.2 cm³/mol. The molecule has 3 nitrogen and oxygen atoms in total. The summed E-state index contributed by atoms with van der Waals surface area (Å²) in [7, 11) is 0. The van der Waals surface area contributed by atoms with Gasteiger partial charge < -0.3 is 4.90 Å². The molecule has 2 heterocycles. The molecule has 1 saturated carbocycles. The summed E-state index contributed by atoms with van der Waals surface area (Å²) in [6, 6.07) is 3.94. The first-order valence-electron chi connectivity index (χ1n) is 6.02. The molecule has 0 unspecified atom stereocenters. The van der Waals surface area contributed by atoms with Crippen LogP contribution in [0.4, 0.5) is 5.69 Å². The van der Waals surface area contributed by atoms with Gasteiger partial charge in [-0.3, -0.25) is 9.78 Å². The highest BCUT2D eigenvalue weighted by Gasteiger charge is 2.42. The molecule has 0 N–H and O–H groups in total. The number of fused-ring (bicyclic) bond motifs is 1. The van der Waals surface area contributed by atoms with E-state index in [2.05, 4.69) is 11.9 Å². The van der Waals surface area contributed by atoms with Crippen LogP contribution in [0.3, 0.4) is 0 Å². The van der Waals surface area contributed by atoms with E-state index in [1.165, 1.54) is 0 Å². The predicted octanol–water partition coefficient (Wildman–Crippen LogP) is 2.02. The summed E-state index contributed by atoms with van der Waals surface area (Å²) in [5, 5.41) is 0. The van der Waals surface area contributed by atoms with E-state index in [1.807, 2.05) is 23.2 Å². The summed E-state index contributed by atoms with van der Waals surface area (Å²) in [4.78, 5) is 18.5. The van der Waals surface area contributed by atoms with E-state index in [4.69, 9.17) is 0 Å². The van der Waals surface area contributed by atoms with Crippen molar-refractivity contribution >= 4 is 11.6 Å². The van der Waals surface area contributed by atoms with Gasteiger partial charge in [0.1, 0.15) is 0 Å². The molecule has 3 heteroatoms. The summed E-state index contributed by atoms with van der Waals surface area (Å²) in [6.07, 6.45) is 4.91. The second-order valence-electron chi connectivity index (χ2n) is 4.88. The van der Waals surface area contributed by atoms with Crippen molar-refractivity contribution in [2.45, 2.75) is 26.2 Å². The largest absolute Gasteiger partial charge is 0.310 e. The van der Waals surface area contributed by atoms with Crippen LogP contribution in [0.1, 0.15) is 25.5 Å². The zero-order valence-electron chi connectivity index (χ0n) is 9.52. The van der Waals surface area contributed by atoms with E-state index in [1.54, 1.807) is 0 Å². The fourth-order valence-electron chi connectivity index (χ4n) is 2.49. The Morgan fingerprint density at radius 2 is 2.38 bits per heavy atom. The van der Waals surface area contributed by atoms with Crippen molar-refractivity contribution in [2.24, 2.45) is 11.8 Å². The SMILES string of the molecule is C[C@H]1C[C@@H]1C(=O)N1CCCc2ncccc21. The Labute approximate surface area is 95.5 Å². The van der Waals surface area contributed by atoms with Crippen LogP contribution in [0.25, 0.3) is 0 Å². The molecule has 0 radical (unpaired) electrons. The normalized spacial score (nSPS) is 27.4. The molecule has 0 aromatic carbocycles. The zero-order chi connectivity index (χ0) is 11.1. The van der Waals surface area contributed by atoms with Crippen LogP contribution in [0.2, 0.25) is 0 Å². The average molecular weight is 216 g/mol. The zero-order valence-corrected chi connectivity index (χ0v) is 9.52. The Morgan fingerprint density at radius 1 is 1.56 bits per heavy atom. The first kappa shape index (κ1) is 9.82. The Hall–Kier alpha value is -1.38. The number of hydrogen-bond donors (Lipinski definition) is 0. The van der Waals surface area contributed by atoms with E-state index in [9.17, 15) is 4.79 Å². The van der Waals surface area contributed by atoms with E-state index in [0.717, 1.165) is 37.2 Å². The van der Waals surface area contributed by atoms with Crippen LogP contribution in [-0.4, -0.2) is 17.4 Å². The number of amides is 1. The van der Waals surface area contributed by atoms with Crippen molar-refractivity contribution in [3.05, 3.63) is 24.0 Å². The smallest absolute Gasteiger partial charge is 0.230 e. The van der Waals surface area contributed by atoms with E-state index in [0.29, 0.717) is 11.8 Å². The lowest BCUT2D eigenvalue weighted by Crippen LogP contribution is -2.37. The quantitative estimate of drug-likeness (QED) is 0.719. The third-order valence-electron chi connectivity index (χ3n) is 3.65. The van der Waals surface area contributed by atoms with Crippen LogP contribution >= 0.6 is 0 Å². The van der Waals surface area contributed by atoms with Crippen LogP contribution in [0.5, 0.6) is 0 Å². The lowest BCUT2D eigenvalue weighted by molar-refractivity contribution is -0.120. The summed E-state index contributed by atoms with van der Waals surface area (Å²) >= 11 is 0. The molecule has 16 heavy (non-hydrogen) atoms. The number of pyridine rings is 1. The highest BCUT2D eigenvalue weighted by atomic mass is 16.2. The van der Waals surface area contributed by atoms with Gasteiger partial charge in [-0.25, -0.2) is 0 Å². The van der Waals surface area contributed by atoms with Gasteiger partial charge in [0, 0.05) is 18.7 Å². The van der Waals surface area contributed by atoms with Crippen LogP contribution in [-0.2, 0) is 11.2 Å². The van der Waals surface area contributed by atoms with Gasteiger partial charge in [-0.15, -0.1) is 0 Å². The van der Waals surface area contributed by atoms with Gasteiger partial charge in [0.15, 0.2) is 0 Å². The van der Waals surface area contributed by atoms with Gasteiger partial charge in [0.2, 0.25) is 5.91 Å². The molecule has 1 aromatic rings. The standard InChI is InChI=1S/C13H16N2O/c1-9-8-10(9)13(16)15-7-3-4-11-12(15)5-2-6-14-11/h2,5-6,9-10H,3-4,7-8H2,1H3/t9-,10-/m0/s1. The number of aryl methyl sites for hydroxylation is 1. The molecule has 1 aliphatic carbocycles. The van der Waals surface area contributed by atoms with Crippen molar-refractivity contribution in [1.29, 1.82) is 0 Å². The Kier molecular flexibility index (Phi) is 2.20.